The Bertz CT molecular complexity index is 1080. The van der Waals surface area contributed by atoms with Crippen LogP contribution in [0, 0.1) is 11.3 Å². The Balaban J connectivity index is 1.92. The summed E-state index contributed by atoms with van der Waals surface area (Å²) in [6.45, 7) is 0.153. The Morgan fingerprint density at radius 3 is 2.48 bits per heavy atom. The molecule has 0 saturated carbocycles. The van der Waals surface area contributed by atoms with E-state index in [0.29, 0.717) is 21.7 Å². The van der Waals surface area contributed by atoms with Crippen LogP contribution >= 0.6 is 0 Å². The molecule has 0 unspecified atom stereocenters. The molecular weight excluding hydrogens is 308 g/mol. The summed E-state index contributed by atoms with van der Waals surface area (Å²) in [6.07, 6.45) is 0. The Morgan fingerprint density at radius 1 is 0.957 bits per heavy atom. The maximum Gasteiger partial charge on any atom is 0.265 e. The summed E-state index contributed by atoms with van der Waals surface area (Å²) in [5.41, 5.74) is 1.86. The molecule has 0 bridgehead atoms. The van der Waals surface area contributed by atoms with Crippen LogP contribution in [-0.2, 0) is 16.6 Å². The average Bonchev–Trinajstić information content (AvgIpc) is 2.79. The van der Waals surface area contributed by atoms with Crippen molar-refractivity contribution in [3.05, 3.63) is 71.8 Å². The Labute approximate surface area is 134 Å². The third kappa shape index (κ3) is 1.92. The summed E-state index contributed by atoms with van der Waals surface area (Å²) in [4.78, 5) is 0.333. The van der Waals surface area contributed by atoms with Gasteiger partial charge in [-0.1, -0.05) is 42.5 Å². The average molecular weight is 320 g/mol. The summed E-state index contributed by atoms with van der Waals surface area (Å²) >= 11 is 0. The van der Waals surface area contributed by atoms with Gasteiger partial charge in [0.1, 0.15) is 0 Å². The van der Waals surface area contributed by atoms with Gasteiger partial charge in [-0.05, 0) is 29.1 Å². The molecule has 0 N–H and O–H groups in total. The van der Waals surface area contributed by atoms with Gasteiger partial charge in [0.25, 0.3) is 10.0 Å². The summed E-state index contributed by atoms with van der Waals surface area (Å²) in [5.74, 6) is 0. The second kappa shape index (κ2) is 4.83. The third-order valence-electron chi connectivity index (χ3n) is 4.13. The molecule has 1 aliphatic heterocycles. The van der Waals surface area contributed by atoms with Gasteiger partial charge in [-0.25, -0.2) is 8.42 Å². The van der Waals surface area contributed by atoms with Gasteiger partial charge in [0.2, 0.25) is 0 Å². The lowest BCUT2D eigenvalue weighted by atomic mass is 10.1. The summed E-state index contributed by atoms with van der Waals surface area (Å²) < 4.78 is 27.2. The number of nitriles is 1. The number of hydrogen-bond acceptors (Lipinski definition) is 3. The SMILES string of the molecule is N#Cc1ccccc1CN1c2cccc3cccc(c23)S1(=O)=O. The molecule has 112 valence electrons. The fraction of sp³-hybridized carbons (Fsp3) is 0.0556. The first kappa shape index (κ1) is 13.8. The van der Waals surface area contributed by atoms with Crippen molar-refractivity contribution < 1.29 is 8.42 Å². The maximum absolute atomic E-state index is 12.9. The Hall–Kier alpha value is -2.84. The highest BCUT2D eigenvalue weighted by atomic mass is 32.2. The van der Waals surface area contributed by atoms with E-state index >= 15 is 0 Å². The quantitative estimate of drug-likeness (QED) is 0.727. The smallest absolute Gasteiger partial charge is 0.261 e. The van der Waals surface area contributed by atoms with Crippen LogP contribution in [0.1, 0.15) is 11.1 Å². The zero-order valence-corrected chi connectivity index (χ0v) is 12.9. The van der Waals surface area contributed by atoms with E-state index in [2.05, 4.69) is 6.07 Å². The van der Waals surface area contributed by atoms with Crippen molar-refractivity contribution in [2.24, 2.45) is 0 Å². The minimum Gasteiger partial charge on any atom is -0.261 e. The topological polar surface area (TPSA) is 61.2 Å². The molecule has 0 radical (unpaired) electrons. The predicted octanol–water partition coefficient (Wildman–Crippen LogP) is 3.42. The molecule has 4 nitrogen and oxygen atoms in total. The van der Waals surface area contributed by atoms with Gasteiger partial charge >= 0.3 is 0 Å². The molecule has 1 aliphatic rings. The van der Waals surface area contributed by atoms with E-state index in [1.807, 2.05) is 30.3 Å². The van der Waals surface area contributed by atoms with Crippen LogP contribution in [0.3, 0.4) is 0 Å². The molecule has 4 rings (SSSR count). The molecule has 1 heterocycles. The minimum absolute atomic E-state index is 0.153. The molecule has 0 aromatic heterocycles. The second-order valence-corrected chi connectivity index (χ2v) is 7.24. The van der Waals surface area contributed by atoms with Crippen molar-refractivity contribution >= 4 is 26.5 Å². The van der Waals surface area contributed by atoms with Crippen LogP contribution in [0.2, 0.25) is 0 Å². The van der Waals surface area contributed by atoms with Gasteiger partial charge in [-0.15, -0.1) is 0 Å². The Kier molecular flexibility index (Phi) is 2.90. The van der Waals surface area contributed by atoms with Crippen molar-refractivity contribution in [2.45, 2.75) is 11.4 Å². The lowest BCUT2D eigenvalue weighted by molar-refractivity contribution is 0.593. The molecule has 0 fully saturated rings. The highest BCUT2D eigenvalue weighted by molar-refractivity contribution is 7.93. The number of anilines is 1. The normalized spacial score (nSPS) is 14.8. The van der Waals surface area contributed by atoms with E-state index in [1.54, 1.807) is 30.3 Å². The summed E-state index contributed by atoms with van der Waals surface area (Å²) in [7, 11) is -3.60. The van der Waals surface area contributed by atoms with E-state index in [0.717, 1.165) is 10.8 Å². The number of benzene rings is 3. The number of nitrogens with zero attached hydrogens (tertiary/aromatic N) is 2. The van der Waals surface area contributed by atoms with Crippen molar-refractivity contribution in [1.29, 1.82) is 5.26 Å². The molecule has 0 atom stereocenters. The number of sulfonamides is 1. The molecule has 5 heteroatoms. The predicted molar refractivity (Wildman–Crippen MR) is 88.5 cm³/mol. The highest BCUT2D eigenvalue weighted by Crippen LogP contribution is 2.42. The zero-order valence-electron chi connectivity index (χ0n) is 12.1. The first-order valence-electron chi connectivity index (χ1n) is 7.15. The fourth-order valence-corrected chi connectivity index (χ4v) is 4.74. The molecule has 3 aromatic carbocycles. The van der Waals surface area contributed by atoms with E-state index in [1.165, 1.54) is 4.31 Å². The molecule has 3 aromatic rings. The van der Waals surface area contributed by atoms with E-state index in [9.17, 15) is 13.7 Å². The minimum atomic E-state index is -3.60. The highest BCUT2D eigenvalue weighted by Gasteiger charge is 2.35. The summed E-state index contributed by atoms with van der Waals surface area (Å²) in [5, 5.41) is 10.9. The van der Waals surface area contributed by atoms with E-state index in [-0.39, 0.29) is 6.54 Å². The molecule has 0 saturated heterocycles. The fourth-order valence-electron chi connectivity index (χ4n) is 3.05. The van der Waals surface area contributed by atoms with E-state index in [4.69, 9.17) is 0 Å². The summed E-state index contributed by atoms with van der Waals surface area (Å²) in [6, 6.07) is 20.1. The van der Waals surface area contributed by atoms with Gasteiger partial charge in [0.05, 0.1) is 28.8 Å². The number of hydrogen-bond donors (Lipinski definition) is 0. The molecular formula is C18H12N2O2S. The third-order valence-corrected chi connectivity index (χ3v) is 5.94. The standard InChI is InChI=1S/C18H12N2O2S/c19-11-14-5-1-2-6-15(14)12-20-16-9-3-7-13-8-4-10-17(18(13)16)23(20,21)22/h1-10H,12H2. The zero-order chi connectivity index (χ0) is 16.0. The van der Waals surface area contributed by atoms with Crippen LogP contribution in [0.25, 0.3) is 10.8 Å². The van der Waals surface area contributed by atoms with Crippen LogP contribution in [0.4, 0.5) is 5.69 Å². The van der Waals surface area contributed by atoms with Gasteiger partial charge in [0, 0.05) is 5.39 Å². The van der Waals surface area contributed by atoms with Gasteiger partial charge in [-0.2, -0.15) is 5.26 Å². The first-order chi connectivity index (χ1) is 11.1. The molecule has 23 heavy (non-hydrogen) atoms. The van der Waals surface area contributed by atoms with Gasteiger partial charge in [0.15, 0.2) is 0 Å². The van der Waals surface area contributed by atoms with Crippen molar-refractivity contribution in [3.8, 4) is 6.07 Å². The monoisotopic (exact) mass is 320 g/mol. The van der Waals surface area contributed by atoms with Crippen molar-refractivity contribution in [2.75, 3.05) is 4.31 Å². The van der Waals surface area contributed by atoms with Crippen LogP contribution < -0.4 is 4.31 Å². The number of rotatable bonds is 2. The second-order valence-electron chi connectivity index (χ2n) is 5.41. The largest absolute Gasteiger partial charge is 0.265 e. The van der Waals surface area contributed by atoms with Gasteiger partial charge < -0.3 is 0 Å². The van der Waals surface area contributed by atoms with Crippen molar-refractivity contribution in [3.63, 3.8) is 0 Å². The van der Waals surface area contributed by atoms with Crippen molar-refractivity contribution in [1.82, 2.24) is 0 Å². The van der Waals surface area contributed by atoms with Gasteiger partial charge in [-0.3, -0.25) is 4.31 Å². The Morgan fingerprint density at radius 2 is 1.70 bits per heavy atom. The molecule has 0 amide bonds. The lowest BCUT2D eigenvalue weighted by Crippen LogP contribution is -2.26. The maximum atomic E-state index is 12.9. The molecule has 0 aliphatic carbocycles. The lowest BCUT2D eigenvalue weighted by Gasteiger charge is -2.19. The molecule has 0 spiro atoms. The van der Waals surface area contributed by atoms with Crippen LogP contribution in [-0.4, -0.2) is 8.42 Å². The van der Waals surface area contributed by atoms with Crippen LogP contribution in [0.5, 0.6) is 0 Å². The van der Waals surface area contributed by atoms with E-state index < -0.39 is 10.0 Å². The van der Waals surface area contributed by atoms with Crippen LogP contribution in [0.15, 0.2) is 65.6 Å². The first-order valence-corrected chi connectivity index (χ1v) is 8.59.